The van der Waals surface area contributed by atoms with Crippen molar-refractivity contribution in [2.45, 2.75) is 38.6 Å². The van der Waals surface area contributed by atoms with Gasteiger partial charge in [0.2, 0.25) is 0 Å². The molecule has 1 amide bonds. The van der Waals surface area contributed by atoms with Crippen LogP contribution in [0.15, 0.2) is 24.3 Å². The summed E-state index contributed by atoms with van der Waals surface area (Å²) in [6.07, 6.45) is 3.02. The van der Waals surface area contributed by atoms with Crippen LogP contribution in [0.3, 0.4) is 0 Å². The third-order valence-corrected chi connectivity index (χ3v) is 6.43. The van der Waals surface area contributed by atoms with E-state index in [9.17, 15) is 4.79 Å². The first-order chi connectivity index (χ1) is 14.1. The predicted octanol–water partition coefficient (Wildman–Crippen LogP) is 2.58. The van der Waals surface area contributed by atoms with E-state index < -0.39 is 0 Å². The molecule has 1 N–H and O–H groups in total. The maximum Gasteiger partial charge on any atom is 0.270 e. The highest BCUT2D eigenvalue weighted by molar-refractivity contribution is 5.98. The number of amides is 1. The van der Waals surface area contributed by atoms with Gasteiger partial charge in [0.15, 0.2) is 0 Å². The van der Waals surface area contributed by atoms with Crippen molar-refractivity contribution in [3.63, 3.8) is 0 Å². The lowest BCUT2D eigenvalue weighted by Gasteiger charge is -2.28. The van der Waals surface area contributed by atoms with E-state index in [1.165, 1.54) is 5.56 Å². The lowest BCUT2D eigenvalue weighted by Crippen LogP contribution is -2.34. The number of aromatic amines is 1. The number of fused-ring (bicyclic) bond motifs is 2. The molecule has 4 heterocycles. The van der Waals surface area contributed by atoms with E-state index >= 15 is 0 Å². The first-order valence-corrected chi connectivity index (χ1v) is 10.6. The van der Waals surface area contributed by atoms with Gasteiger partial charge >= 0.3 is 0 Å². The van der Waals surface area contributed by atoms with Gasteiger partial charge in [-0.3, -0.25) is 4.79 Å². The largest absolute Gasteiger partial charge is 0.351 e. The van der Waals surface area contributed by atoms with E-state index in [0.717, 1.165) is 61.4 Å². The van der Waals surface area contributed by atoms with E-state index in [1.807, 2.05) is 11.0 Å². The molecule has 1 fully saturated rings. The van der Waals surface area contributed by atoms with Crippen molar-refractivity contribution in [2.24, 2.45) is 0 Å². The summed E-state index contributed by atoms with van der Waals surface area (Å²) >= 11 is 0. The highest BCUT2D eigenvalue weighted by Crippen LogP contribution is 2.27. The van der Waals surface area contributed by atoms with E-state index in [4.69, 9.17) is 0 Å². The van der Waals surface area contributed by atoms with Crippen molar-refractivity contribution in [2.75, 3.05) is 33.2 Å². The minimum Gasteiger partial charge on any atom is -0.351 e. The summed E-state index contributed by atoms with van der Waals surface area (Å²) in [5, 5.41) is 10.1. The predicted molar refractivity (Wildman–Crippen MR) is 112 cm³/mol. The van der Waals surface area contributed by atoms with E-state index in [1.54, 1.807) is 0 Å². The van der Waals surface area contributed by atoms with Crippen LogP contribution in [-0.4, -0.2) is 68.7 Å². The Labute approximate surface area is 170 Å². The number of hydrogen-bond acceptors (Lipinski definition) is 4. The van der Waals surface area contributed by atoms with Gasteiger partial charge < -0.3 is 19.4 Å². The number of aryl methyl sites for hydroxylation is 1. The fourth-order valence-corrected chi connectivity index (χ4v) is 4.64. The molecule has 1 aromatic carbocycles. The van der Waals surface area contributed by atoms with Gasteiger partial charge in [0, 0.05) is 42.9 Å². The third-order valence-electron chi connectivity index (χ3n) is 6.43. The van der Waals surface area contributed by atoms with Crippen molar-refractivity contribution in [3.05, 3.63) is 47.2 Å². The van der Waals surface area contributed by atoms with E-state index in [-0.39, 0.29) is 5.91 Å². The molecular formula is C22H28N6O. The van der Waals surface area contributed by atoms with Crippen LogP contribution in [0.2, 0.25) is 0 Å². The second-order valence-electron chi connectivity index (χ2n) is 8.52. The average Bonchev–Trinajstić information content (AvgIpc) is 3.26. The number of aromatic nitrogens is 4. The van der Waals surface area contributed by atoms with Gasteiger partial charge in [0.1, 0.15) is 17.3 Å². The van der Waals surface area contributed by atoms with Gasteiger partial charge in [0.05, 0.1) is 0 Å². The van der Waals surface area contributed by atoms with Crippen molar-refractivity contribution >= 4 is 16.8 Å². The summed E-state index contributed by atoms with van der Waals surface area (Å²) in [6, 6.07) is 8.19. The number of nitrogens with zero attached hydrogens (tertiary/aromatic N) is 5. The maximum atomic E-state index is 13.1. The van der Waals surface area contributed by atoms with Crippen molar-refractivity contribution < 1.29 is 4.79 Å². The van der Waals surface area contributed by atoms with Gasteiger partial charge in [-0.25, -0.2) is 0 Å². The van der Waals surface area contributed by atoms with Crippen LogP contribution in [-0.2, 0) is 13.0 Å². The molecule has 0 spiro atoms. The second kappa shape index (κ2) is 7.30. The number of rotatable bonds is 2. The molecule has 0 atom stereocenters. The number of nitrogens with one attached hydrogen (secondary N) is 1. The zero-order chi connectivity index (χ0) is 20.0. The Morgan fingerprint density at radius 1 is 1.07 bits per heavy atom. The van der Waals surface area contributed by atoms with Crippen LogP contribution < -0.4 is 0 Å². The molecule has 7 nitrogen and oxygen atoms in total. The molecule has 0 radical (unpaired) electrons. The van der Waals surface area contributed by atoms with Crippen molar-refractivity contribution in [1.29, 1.82) is 0 Å². The molecule has 0 unspecified atom stereocenters. The Bertz CT molecular complexity index is 1040. The molecule has 0 saturated carbocycles. The summed E-state index contributed by atoms with van der Waals surface area (Å²) in [5.74, 6) is 2.68. The van der Waals surface area contributed by atoms with Crippen LogP contribution in [0.5, 0.6) is 0 Å². The summed E-state index contributed by atoms with van der Waals surface area (Å²) in [5.41, 5.74) is 2.87. The molecule has 0 aliphatic carbocycles. The lowest BCUT2D eigenvalue weighted by atomic mass is 9.96. The molecule has 29 heavy (non-hydrogen) atoms. The Morgan fingerprint density at radius 2 is 1.90 bits per heavy atom. The number of benzene rings is 1. The standard InChI is InChI=1S/C22H28N6O/c1-15-3-4-17-14-19(23-18(17)13-15)22(29)27-10-7-20-24-25-21(28(20)12-11-27)16-5-8-26(2)9-6-16/h3-4,13-14,16,23H,5-12H2,1-2H3. The minimum atomic E-state index is 0.0680. The highest BCUT2D eigenvalue weighted by Gasteiger charge is 2.28. The van der Waals surface area contributed by atoms with Gasteiger partial charge in [-0.15, -0.1) is 10.2 Å². The first kappa shape index (κ1) is 18.4. The zero-order valence-electron chi connectivity index (χ0n) is 17.2. The highest BCUT2D eigenvalue weighted by atomic mass is 16.2. The van der Waals surface area contributed by atoms with E-state index in [0.29, 0.717) is 24.7 Å². The van der Waals surface area contributed by atoms with Gasteiger partial charge in [-0.1, -0.05) is 12.1 Å². The van der Waals surface area contributed by atoms with Crippen molar-refractivity contribution in [1.82, 2.24) is 29.5 Å². The number of hydrogen-bond donors (Lipinski definition) is 1. The minimum absolute atomic E-state index is 0.0680. The third kappa shape index (κ3) is 3.44. The SMILES string of the molecule is Cc1ccc2cc(C(=O)N3CCc4nnc(C5CCN(C)CC5)n4CC3)[nH]c2c1. The van der Waals surface area contributed by atoms with Gasteiger partial charge in [0.25, 0.3) is 5.91 Å². The topological polar surface area (TPSA) is 70.1 Å². The zero-order valence-corrected chi connectivity index (χ0v) is 17.2. The second-order valence-corrected chi connectivity index (χ2v) is 8.52. The van der Waals surface area contributed by atoms with Crippen molar-refractivity contribution in [3.8, 4) is 0 Å². The maximum absolute atomic E-state index is 13.1. The van der Waals surface area contributed by atoms with Gasteiger partial charge in [-0.05, 0) is 57.6 Å². The molecule has 2 aliphatic rings. The molecule has 3 aromatic rings. The number of H-pyrrole nitrogens is 1. The molecule has 2 aliphatic heterocycles. The molecular weight excluding hydrogens is 364 g/mol. The van der Waals surface area contributed by atoms with Crippen LogP contribution in [0.1, 0.15) is 46.5 Å². The number of piperidine rings is 1. The molecule has 1 saturated heterocycles. The summed E-state index contributed by atoms with van der Waals surface area (Å²) < 4.78 is 2.28. The molecule has 7 heteroatoms. The Morgan fingerprint density at radius 3 is 2.72 bits per heavy atom. The molecule has 0 bridgehead atoms. The van der Waals surface area contributed by atoms with Crippen LogP contribution in [0, 0.1) is 6.92 Å². The first-order valence-electron chi connectivity index (χ1n) is 10.6. The van der Waals surface area contributed by atoms with Crippen LogP contribution in [0.4, 0.5) is 0 Å². The lowest BCUT2D eigenvalue weighted by molar-refractivity contribution is 0.0753. The molecule has 5 rings (SSSR count). The number of carbonyl (C=O) groups is 1. The monoisotopic (exact) mass is 392 g/mol. The van der Waals surface area contributed by atoms with Crippen LogP contribution in [0.25, 0.3) is 10.9 Å². The fourth-order valence-electron chi connectivity index (χ4n) is 4.64. The Kier molecular flexibility index (Phi) is 4.62. The average molecular weight is 393 g/mol. The fraction of sp³-hybridized carbons (Fsp3) is 0.500. The normalized spacial score (nSPS) is 18.8. The summed E-state index contributed by atoms with van der Waals surface area (Å²) in [6.45, 7) is 6.42. The smallest absolute Gasteiger partial charge is 0.270 e. The molecule has 152 valence electrons. The Hall–Kier alpha value is -2.67. The molecule has 2 aromatic heterocycles. The number of carbonyl (C=O) groups excluding carboxylic acids is 1. The quantitative estimate of drug-likeness (QED) is 0.728. The summed E-state index contributed by atoms with van der Waals surface area (Å²) in [4.78, 5) is 20.8. The Balaban J connectivity index is 1.33. The van der Waals surface area contributed by atoms with Crippen LogP contribution >= 0.6 is 0 Å². The van der Waals surface area contributed by atoms with E-state index in [2.05, 4.69) is 56.8 Å². The van der Waals surface area contributed by atoms with Gasteiger partial charge in [-0.2, -0.15) is 0 Å². The summed E-state index contributed by atoms with van der Waals surface area (Å²) in [7, 11) is 2.18. The number of likely N-dealkylation sites (tertiary alicyclic amines) is 1.